The van der Waals surface area contributed by atoms with Crippen LogP contribution in [0.3, 0.4) is 0 Å². The number of hydrogen-bond acceptors (Lipinski definition) is 3. The number of nitrogens with one attached hydrogen (secondary N) is 1. The van der Waals surface area contributed by atoms with Crippen molar-refractivity contribution in [3.8, 4) is 0 Å². The average Bonchev–Trinajstić information content (AvgIpc) is 2.39. The van der Waals surface area contributed by atoms with E-state index in [1.54, 1.807) is 18.2 Å². The third kappa shape index (κ3) is 3.43. The number of rotatable bonds is 3. The lowest BCUT2D eigenvalue weighted by Gasteiger charge is -2.15. The lowest BCUT2D eigenvalue weighted by atomic mass is 10.1. The van der Waals surface area contributed by atoms with Crippen LogP contribution in [0.2, 0.25) is 10.0 Å². The van der Waals surface area contributed by atoms with Gasteiger partial charge in [-0.25, -0.2) is 4.98 Å². The Morgan fingerprint density at radius 3 is 2.74 bits per heavy atom. The first-order valence-electron chi connectivity index (χ1n) is 5.60. The second kappa shape index (κ2) is 5.99. The highest BCUT2D eigenvalue weighted by Gasteiger charge is 2.14. The molecule has 0 bridgehead atoms. The maximum atomic E-state index is 11.9. The third-order valence-electron chi connectivity index (χ3n) is 2.57. The van der Waals surface area contributed by atoms with Crippen molar-refractivity contribution < 1.29 is 4.79 Å². The highest BCUT2D eigenvalue weighted by atomic mass is 35.5. The van der Waals surface area contributed by atoms with E-state index in [0.29, 0.717) is 10.0 Å². The molecular weight excluding hydrogens is 285 g/mol. The SMILES string of the molecule is C[C@H](NC(=O)c1cnccn1)c1ccc(Cl)cc1Cl. The van der Waals surface area contributed by atoms with Gasteiger partial charge in [0.25, 0.3) is 5.91 Å². The zero-order valence-electron chi connectivity index (χ0n) is 10.1. The van der Waals surface area contributed by atoms with Crippen LogP contribution in [-0.4, -0.2) is 15.9 Å². The molecule has 0 aliphatic carbocycles. The molecule has 0 saturated heterocycles. The average molecular weight is 296 g/mol. The lowest BCUT2D eigenvalue weighted by Crippen LogP contribution is -2.27. The Bertz CT molecular complexity index is 590. The smallest absolute Gasteiger partial charge is 0.271 e. The minimum Gasteiger partial charge on any atom is -0.344 e. The van der Waals surface area contributed by atoms with E-state index in [9.17, 15) is 4.79 Å². The van der Waals surface area contributed by atoms with Gasteiger partial charge in [-0.2, -0.15) is 0 Å². The van der Waals surface area contributed by atoms with Crippen molar-refractivity contribution in [3.05, 3.63) is 58.1 Å². The van der Waals surface area contributed by atoms with Crippen LogP contribution in [-0.2, 0) is 0 Å². The Hall–Kier alpha value is -1.65. The summed E-state index contributed by atoms with van der Waals surface area (Å²) in [5.74, 6) is -0.299. The van der Waals surface area contributed by atoms with Crippen LogP contribution >= 0.6 is 23.2 Å². The summed E-state index contributed by atoms with van der Waals surface area (Å²) in [4.78, 5) is 19.7. The van der Waals surface area contributed by atoms with E-state index in [2.05, 4.69) is 15.3 Å². The fourth-order valence-electron chi connectivity index (χ4n) is 1.62. The van der Waals surface area contributed by atoms with E-state index >= 15 is 0 Å². The largest absolute Gasteiger partial charge is 0.344 e. The number of halogens is 2. The van der Waals surface area contributed by atoms with Crippen LogP contribution in [0.15, 0.2) is 36.8 Å². The van der Waals surface area contributed by atoms with Crippen LogP contribution in [0, 0.1) is 0 Å². The van der Waals surface area contributed by atoms with Crippen LogP contribution in [0.5, 0.6) is 0 Å². The van der Waals surface area contributed by atoms with Gasteiger partial charge in [-0.15, -0.1) is 0 Å². The normalized spacial score (nSPS) is 11.9. The molecule has 1 N–H and O–H groups in total. The number of amides is 1. The number of carbonyl (C=O) groups excluding carboxylic acids is 1. The first-order valence-corrected chi connectivity index (χ1v) is 6.35. The fraction of sp³-hybridized carbons (Fsp3) is 0.154. The maximum absolute atomic E-state index is 11.9. The Morgan fingerprint density at radius 2 is 2.11 bits per heavy atom. The second-order valence-electron chi connectivity index (χ2n) is 3.95. The molecule has 4 nitrogen and oxygen atoms in total. The Balaban J connectivity index is 2.13. The molecule has 1 amide bonds. The number of benzene rings is 1. The number of nitrogens with zero attached hydrogens (tertiary/aromatic N) is 2. The Kier molecular flexibility index (Phi) is 4.35. The zero-order valence-corrected chi connectivity index (χ0v) is 11.6. The molecule has 0 aliphatic rings. The van der Waals surface area contributed by atoms with Gasteiger partial charge in [-0.3, -0.25) is 9.78 Å². The molecule has 0 fully saturated rings. The van der Waals surface area contributed by atoms with Gasteiger partial charge in [-0.05, 0) is 24.6 Å². The minimum atomic E-state index is -0.299. The summed E-state index contributed by atoms with van der Waals surface area (Å²) < 4.78 is 0. The monoisotopic (exact) mass is 295 g/mol. The predicted molar refractivity (Wildman–Crippen MR) is 74.4 cm³/mol. The molecule has 0 aliphatic heterocycles. The maximum Gasteiger partial charge on any atom is 0.271 e. The molecule has 0 radical (unpaired) electrons. The molecule has 2 aromatic rings. The summed E-state index contributed by atoms with van der Waals surface area (Å²) >= 11 is 11.9. The number of carbonyl (C=O) groups is 1. The summed E-state index contributed by atoms with van der Waals surface area (Å²) in [7, 11) is 0. The highest BCUT2D eigenvalue weighted by Crippen LogP contribution is 2.26. The van der Waals surface area contributed by atoms with Crippen LogP contribution in [0.25, 0.3) is 0 Å². The van der Waals surface area contributed by atoms with Crippen LogP contribution in [0.1, 0.15) is 29.0 Å². The zero-order chi connectivity index (χ0) is 13.8. The quantitative estimate of drug-likeness (QED) is 0.945. The highest BCUT2D eigenvalue weighted by molar-refractivity contribution is 6.35. The Morgan fingerprint density at radius 1 is 1.32 bits per heavy atom. The summed E-state index contributed by atoms with van der Waals surface area (Å²) in [5, 5.41) is 3.87. The first-order chi connectivity index (χ1) is 9.08. The van der Waals surface area contributed by atoms with Crippen molar-refractivity contribution in [2.24, 2.45) is 0 Å². The van der Waals surface area contributed by atoms with E-state index < -0.39 is 0 Å². The fourth-order valence-corrected chi connectivity index (χ4v) is 2.19. The van der Waals surface area contributed by atoms with Gasteiger partial charge in [-0.1, -0.05) is 29.3 Å². The van der Waals surface area contributed by atoms with Gasteiger partial charge in [0, 0.05) is 22.4 Å². The molecule has 6 heteroatoms. The summed E-state index contributed by atoms with van der Waals surface area (Å²) in [6, 6.07) is 4.91. The van der Waals surface area contributed by atoms with Gasteiger partial charge in [0.1, 0.15) is 5.69 Å². The van der Waals surface area contributed by atoms with Crippen molar-refractivity contribution in [2.45, 2.75) is 13.0 Å². The molecule has 19 heavy (non-hydrogen) atoms. The molecule has 0 saturated carbocycles. The molecule has 1 aromatic heterocycles. The first kappa shape index (κ1) is 13.8. The van der Waals surface area contributed by atoms with Gasteiger partial charge in [0.05, 0.1) is 12.2 Å². The summed E-state index contributed by atoms with van der Waals surface area (Å²) in [5.41, 5.74) is 1.06. The topological polar surface area (TPSA) is 54.9 Å². The second-order valence-corrected chi connectivity index (χ2v) is 4.80. The van der Waals surface area contributed by atoms with Crippen LogP contribution in [0.4, 0.5) is 0 Å². The molecule has 0 spiro atoms. The van der Waals surface area contributed by atoms with Gasteiger partial charge in [0.2, 0.25) is 0 Å². The standard InChI is InChI=1S/C13H11Cl2N3O/c1-8(10-3-2-9(14)6-11(10)15)18-13(19)12-7-16-4-5-17-12/h2-8H,1H3,(H,18,19)/t8-/m0/s1. The van der Waals surface area contributed by atoms with Crippen molar-refractivity contribution in [3.63, 3.8) is 0 Å². The number of aromatic nitrogens is 2. The van der Waals surface area contributed by atoms with Gasteiger partial charge < -0.3 is 5.32 Å². The van der Waals surface area contributed by atoms with Gasteiger partial charge >= 0.3 is 0 Å². The number of hydrogen-bond donors (Lipinski definition) is 1. The summed E-state index contributed by atoms with van der Waals surface area (Å²) in [6.07, 6.45) is 4.39. The molecule has 1 aromatic carbocycles. The lowest BCUT2D eigenvalue weighted by molar-refractivity contribution is 0.0934. The van der Waals surface area contributed by atoms with Crippen molar-refractivity contribution in [2.75, 3.05) is 0 Å². The van der Waals surface area contributed by atoms with Crippen LogP contribution < -0.4 is 5.32 Å². The minimum absolute atomic E-state index is 0.251. The van der Waals surface area contributed by atoms with Crippen molar-refractivity contribution in [1.82, 2.24) is 15.3 Å². The molecule has 98 valence electrons. The van der Waals surface area contributed by atoms with E-state index in [1.165, 1.54) is 18.6 Å². The third-order valence-corrected chi connectivity index (χ3v) is 3.13. The van der Waals surface area contributed by atoms with E-state index in [-0.39, 0.29) is 17.6 Å². The summed E-state index contributed by atoms with van der Waals surface area (Å²) in [6.45, 7) is 1.84. The molecule has 2 rings (SSSR count). The molecule has 1 heterocycles. The van der Waals surface area contributed by atoms with Gasteiger partial charge in [0.15, 0.2) is 0 Å². The molecular formula is C13H11Cl2N3O. The van der Waals surface area contributed by atoms with E-state index in [4.69, 9.17) is 23.2 Å². The predicted octanol–water partition coefficient (Wildman–Crippen LogP) is 3.27. The van der Waals surface area contributed by atoms with Crippen molar-refractivity contribution in [1.29, 1.82) is 0 Å². The molecule has 1 atom stereocenters. The molecule has 0 unspecified atom stereocenters. The van der Waals surface area contributed by atoms with E-state index in [1.807, 2.05) is 6.92 Å². The van der Waals surface area contributed by atoms with E-state index in [0.717, 1.165) is 5.56 Å². The van der Waals surface area contributed by atoms with Crippen molar-refractivity contribution >= 4 is 29.1 Å². The Labute approximate surface area is 120 Å².